The third-order valence-electron chi connectivity index (χ3n) is 2.31. The van der Waals surface area contributed by atoms with Gasteiger partial charge in [-0.1, -0.05) is 18.7 Å². The number of carbonyl (C=O) groups is 1. The zero-order valence-corrected chi connectivity index (χ0v) is 10.4. The Kier molecular flexibility index (Phi) is 6.89. The van der Waals surface area contributed by atoms with Crippen molar-refractivity contribution in [3.8, 4) is 0 Å². The Morgan fingerprint density at radius 2 is 1.67 bits per heavy atom. The van der Waals surface area contributed by atoms with Gasteiger partial charge in [-0.15, -0.1) is 13.2 Å². The monoisotopic (exact) mass is 253 g/mol. The molecule has 0 aliphatic heterocycles. The summed E-state index contributed by atoms with van der Waals surface area (Å²) in [5.74, 6) is -0.643. The van der Waals surface area contributed by atoms with Crippen molar-refractivity contribution in [1.29, 1.82) is 0 Å². The average molecular weight is 253 g/mol. The summed E-state index contributed by atoms with van der Waals surface area (Å²) in [5, 5.41) is 28.5. The number of aliphatic hydroxyl groups is 3. The highest BCUT2D eigenvalue weighted by molar-refractivity contribution is 5.95. The molecular weight excluding hydrogens is 234 g/mol. The van der Waals surface area contributed by atoms with Crippen LogP contribution in [0.5, 0.6) is 0 Å². The molecule has 5 nitrogen and oxygen atoms in total. The van der Waals surface area contributed by atoms with Gasteiger partial charge in [0.15, 0.2) is 0 Å². The molecule has 1 amide bonds. The van der Waals surface area contributed by atoms with Crippen LogP contribution in [0.15, 0.2) is 49.6 Å². The Labute approximate surface area is 107 Å². The molecule has 0 radical (unpaired) electrons. The van der Waals surface area contributed by atoms with Crippen molar-refractivity contribution >= 4 is 5.91 Å². The zero-order chi connectivity index (χ0) is 14.3. The first-order valence-corrected chi connectivity index (χ1v) is 5.29. The van der Waals surface area contributed by atoms with E-state index < -0.39 is 24.3 Å². The maximum absolute atomic E-state index is 12.0. The van der Waals surface area contributed by atoms with Gasteiger partial charge in [-0.05, 0) is 12.2 Å². The fourth-order valence-electron chi connectivity index (χ4n) is 1.16. The second-order valence-corrected chi connectivity index (χ2v) is 3.59. The summed E-state index contributed by atoms with van der Waals surface area (Å²) in [7, 11) is 1.35. The summed E-state index contributed by atoms with van der Waals surface area (Å²) in [6.45, 7) is 10.1. The molecule has 0 aliphatic rings. The Morgan fingerprint density at radius 1 is 1.11 bits per heavy atom. The molecule has 5 heteroatoms. The van der Waals surface area contributed by atoms with Crippen molar-refractivity contribution in [2.24, 2.45) is 0 Å². The lowest BCUT2D eigenvalue weighted by Gasteiger charge is -2.24. The van der Waals surface area contributed by atoms with Gasteiger partial charge in [0.05, 0.1) is 6.10 Å². The number of rotatable bonds is 7. The molecule has 100 valence electrons. The van der Waals surface area contributed by atoms with Gasteiger partial charge in [-0.25, -0.2) is 0 Å². The molecule has 0 rings (SSSR count). The summed E-state index contributed by atoms with van der Waals surface area (Å²) in [6.07, 6.45) is 1.16. The van der Waals surface area contributed by atoms with Crippen molar-refractivity contribution in [3.05, 3.63) is 49.6 Å². The van der Waals surface area contributed by atoms with E-state index in [0.29, 0.717) is 0 Å². The van der Waals surface area contributed by atoms with E-state index in [0.717, 1.165) is 17.1 Å². The minimum Gasteiger partial charge on any atom is -0.385 e. The molecule has 0 aromatic rings. The summed E-state index contributed by atoms with van der Waals surface area (Å²) >= 11 is 0. The minimum absolute atomic E-state index is 0.0965. The first kappa shape index (κ1) is 16.3. The molecule has 18 heavy (non-hydrogen) atoms. The van der Waals surface area contributed by atoms with Gasteiger partial charge >= 0.3 is 0 Å². The van der Waals surface area contributed by atoms with Crippen molar-refractivity contribution in [1.82, 2.24) is 4.90 Å². The molecule has 0 aromatic carbocycles. The van der Waals surface area contributed by atoms with Gasteiger partial charge in [-0.3, -0.25) is 4.79 Å². The van der Waals surface area contributed by atoms with Crippen LogP contribution in [-0.2, 0) is 4.79 Å². The molecule has 3 atom stereocenters. The molecule has 0 aliphatic carbocycles. The van der Waals surface area contributed by atoms with E-state index in [-0.39, 0.29) is 5.57 Å². The lowest BCUT2D eigenvalue weighted by molar-refractivity contribution is -0.133. The smallest absolute Gasteiger partial charge is 0.254 e. The Balaban J connectivity index is 5.26. The SMILES string of the molecule is C=CC(O)C=C(C(=O)N(C)C(O)C=C)C(O)C=C. The molecule has 3 unspecified atom stereocenters. The molecule has 0 spiro atoms. The number of hydrogen-bond donors (Lipinski definition) is 3. The normalized spacial score (nSPS) is 16.3. The predicted octanol–water partition coefficient (Wildman–Crippen LogP) is -0.0306. The van der Waals surface area contributed by atoms with Crippen LogP contribution in [0.25, 0.3) is 0 Å². The van der Waals surface area contributed by atoms with E-state index in [1.54, 1.807) is 0 Å². The number of likely N-dealkylation sites (N-methyl/N-ethyl adjacent to an activating group) is 1. The van der Waals surface area contributed by atoms with E-state index in [9.17, 15) is 20.1 Å². The van der Waals surface area contributed by atoms with Crippen LogP contribution >= 0.6 is 0 Å². The Bertz CT molecular complexity index is 362. The third-order valence-corrected chi connectivity index (χ3v) is 2.31. The standard InChI is InChI=1S/C13H19NO4/c1-5-9(15)8-10(11(16)6-2)13(18)14(4)12(17)7-3/h5-9,11-12,15-17H,1-3H2,4H3. The van der Waals surface area contributed by atoms with Gasteiger partial charge in [0.1, 0.15) is 12.3 Å². The predicted molar refractivity (Wildman–Crippen MR) is 69.5 cm³/mol. The van der Waals surface area contributed by atoms with E-state index in [1.165, 1.54) is 19.2 Å². The summed E-state index contributed by atoms with van der Waals surface area (Å²) in [6, 6.07) is 0. The van der Waals surface area contributed by atoms with Crippen LogP contribution in [0, 0.1) is 0 Å². The fourth-order valence-corrected chi connectivity index (χ4v) is 1.16. The van der Waals surface area contributed by atoms with Crippen molar-refractivity contribution < 1.29 is 20.1 Å². The quantitative estimate of drug-likeness (QED) is 0.338. The summed E-state index contributed by atoms with van der Waals surface area (Å²) in [5.41, 5.74) is -0.0965. The van der Waals surface area contributed by atoms with Crippen LogP contribution in [0.2, 0.25) is 0 Å². The topological polar surface area (TPSA) is 81.0 Å². The minimum atomic E-state index is -1.24. The highest BCUT2D eigenvalue weighted by atomic mass is 16.3. The van der Waals surface area contributed by atoms with E-state index in [1.807, 2.05) is 0 Å². The number of aliphatic hydroxyl groups excluding tert-OH is 3. The van der Waals surface area contributed by atoms with Crippen LogP contribution in [0.3, 0.4) is 0 Å². The first-order chi connectivity index (χ1) is 8.38. The Hall–Kier alpha value is -1.69. The molecule has 0 heterocycles. The Morgan fingerprint density at radius 3 is 2.06 bits per heavy atom. The number of hydrogen-bond acceptors (Lipinski definition) is 4. The van der Waals surface area contributed by atoms with E-state index >= 15 is 0 Å². The first-order valence-electron chi connectivity index (χ1n) is 5.29. The molecule has 0 aromatic heterocycles. The van der Waals surface area contributed by atoms with Crippen LogP contribution < -0.4 is 0 Å². The number of carbonyl (C=O) groups excluding carboxylic acids is 1. The van der Waals surface area contributed by atoms with Gasteiger partial charge in [-0.2, -0.15) is 0 Å². The fraction of sp³-hybridized carbons (Fsp3) is 0.308. The van der Waals surface area contributed by atoms with Gasteiger partial charge in [0.25, 0.3) is 5.91 Å². The second kappa shape index (κ2) is 7.60. The highest BCUT2D eigenvalue weighted by Gasteiger charge is 2.23. The number of nitrogens with zero attached hydrogens (tertiary/aromatic N) is 1. The molecule has 0 bridgehead atoms. The molecular formula is C13H19NO4. The average Bonchev–Trinajstić information content (AvgIpc) is 2.40. The van der Waals surface area contributed by atoms with E-state index in [4.69, 9.17) is 0 Å². The number of amides is 1. The molecule has 0 saturated carbocycles. The summed E-state index contributed by atoms with van der Waals surface area (Å²) in [4.78, 5) is 13.0. The zero-order valence-electron chi connectivity index (χ0n) is 10.4. The maximum Gasteiger partial charge on any atom is 0.254 e. The van der Waals surface area contributed by atoms with Gasteiger partial charge in [0, 0.05) is 12.6 Å². The van der Waals surface area contributed by atoms with Gasteiger partial charge in [0.2, 0.25) is 0 Å². The van der Waals surface area contributed by atoms with Crippen LogP contribution in [-0.4, -0.2) is 51.6 Å². The van der Waals surface area contributed by atoms with Crippen molar-refractivity contribution in [2.45, 2.75) is 18.4 Å². The third kappa shape index (κ3) is 4.29. The second-order valence-electron chi connectivity index (χ2n) is 3.59. The maximum atomic E-state index is 12.0. The lowest BCUT2D eigenvalue weighted by Crippen LogP contribution is -2.39. The van der Waals surface area contributed by atoms with Crippen molar-refractivity contribution in [2.75, 3.05) is 7.05 Å². The van der Waals surface area contributed by atoms with E-state index in [2.05, 4.69) is 19.7 Å². The van der Waals surface area contributed by atoms with Crippen molar-refractivity contribution in [3.63, 3.8) is 0 Å². The molecule has 3 N–H and O–H groups in total. The van der Waals surface area contributed by atoms with Gasteiger partial charge < -0.3 is 20.2 Å². The van der Waals surface area contributed by atoms with Crippen LogP contribution in [0.1, 0.15) is 0 Å². The lowest BCUT2D eigenvalue weighted by atomic mass is 10.1. The van der Waals surface area contributed by atoms with Crippen LogP contribution in [0.4, 0.5) is 0 Å². The largest absolute Gasteiger partial charge is 0.385 e. The summed E-state index contributed by atoms with van der Waals surface area (Å²) < 4.78 is 0. The molecule has 0 fully saturated rings. The highest BCUT2D eigenvalue weighted by Crippen LogP contribution is 2.11. The molecule has 0 saturated heterocycles.